The Bertz CT molecular complexity index is 703. The second-order valence-electron chi connectivity index (χ2n) is 5.18. The molecule has 2 aromatic rings. The van der Waals surface area contributed by atoms with Gasteiger partial charge in [-0.1, -0.05) is 12.2 Å². The van der Waals surface area contributed by atoms with Gasteiger partial charge in [0.05, 0.1) is 23.5 Å². The maximum absolute atomic E-state index is 12.1. The van der Waals surface area contributed by atoms with Crippen molar-refractivity contribution in [1.29, 1.82) is 0 Å². The highest BCUT2D eigenvalue weighted by molar-refractivity contribution is 5.95. The molecule has 0 bridgehead atoms. The number of nitrogens with one attached hydrogen (secondary N) is 1. The summed E-state index contributed by atoms with van der Waals surface area (Å²) in [4.78, 5) is 16.5. The quantitative estimate of drug-likeness (QED) is 0.801. The van der Waals surface area contributed by atoms with Gasteiger partial charge < -0.3 is 11.1 Å². The molecule has 0 spiro atoms. The fourth-order valence-corrected chi connectivity index (χ4v) is 2.53. The van der Waals surface area contributed by atoms with E-state index in [0.717, 1.165) is 16.7 Å². The van der Waals surface area contributed by atoms with E-state index in [4.69, 9.17) is 5.73 Å². The number of hydrogen-bond donors (Lipinski definition) is 2. The summed E-state index contributed by atoms with van der Waals surface area (Å²) in [7, 11) is 1.85. The molecule has 2 aromatic heterocycles. The van der Waals surface area contributed by atoms with Crippen LogP contribution >= 0.6 is 0 Å². The summed E-state index contributed by atoms with van der Waals surface area (Å²) in [5.41, 5.74) is 8.16. The molecular formula is C14H17N5O. The van der Waals surface area contributed by atoms with E-state index in [1.54, 1.807) is 10.9 Å². The average Bonchev–Trinajstić information content (AvgIpc) is 2.95. The fourth-order valence-electron chi connectivity index (χ4n) is 2.53. The van der Waals surface area contributed by atoms with Crippen molar-refractivity contribution in [1.82, 2.24) is 14.8 Å². The van der Waals surface area contributed by atoms with E-state index in [1.807, 2.05) is 32.2 Å². The zero-order valence-electron chi connectivity index (χ0n) is 11.5. The molecule has 6 heteroatoms. The first-order valence-corrected chi connectivity index (χ1v) is 6.58. The average molecular weight is 271 g/mol. The smallest absolute Gasteiger partial charge is 0.231 e. The van der Waals surface area contributed by atoms with Gasteiger partial charge >= 0.3 is 0 Å². The van der Waals surface area contributed by atoms with Crippen LogP contribution in [-0.2, 0) is 11.8 Å². The van der Waals surface area contributed by atoms with Crippen LogP contribution in [0.25, 0.3) is 11.0 Å². The predicted molar refractivity (Wildman–Crippen MR) is 77.1 cm³/mol. The molecule has 0 aliphatic heterocycles. The van der Waals surface area contributed by atoms with Crippen LogP contribution in [0.2, 0.25) is 0 Å². The molecule has 3 N–H and O–H groups in total. The molecule has 0 saturated carbocycles. The van der Waals surface area contributed by atoms with Crippen molar-refractivity contribution < 1.29 is 4.79 Å². The first-order chi connectivity index (χ1) is 9.54. The van der Waals surface area contributed by atoms with Crippen LogP contribution in [0.3, 0.4) is 0 Å². The number of aromatic nitrogens is 3. The largest absolute Gasteiger partial charge is 0.324 e. The van der Waals surface area contributed by atoms with Gasteiger partial charge in [0.15, 0.2) is 5.65 Å². The highest BCUT2D eigenvalue weighted by Gasteiger charge is 2.22. The Hall–Kier alpha value is -2.21. The normalized spacial score (nSPS) is 21.6. The van der Waals surface area contributed by atoms with Gasteiger partial charge in [0, 0.05) is 18.5 Å². The summed E-state index contributed by atoms with van der Waals surface area (Å²) >= 11 is 0. The van der Waals surface area contributed by atoms with Crippen molar-refractivity contribution in [3.05, 3.63) is 30.1 Å². The van der Waals surface area contributed by atoms with Crippen LogP contribution < -0.4 is 11.1 Å². The summed E-state index contributed by atoms with van der Waals surface area (Å²) in [5.74, 6) is -0.201. The lowest BCUT2D eigenvalue weighted by Gasteiger charge is -2.10. The summed E-state index contributed by atoms with van der Waals surface area (Å²) in [6.07, 6.45) is 6.05. The number of anilines is 1. The minimum Gasteiger partial charge on any atom is -0.324 e. The van der Waals surface area contributed by atoms with Crippen molar-refractivity contribution in [2.45, 2.75) is 19.4 Å². The standard InChI is InChI=1S/C14H17N5O/c1-8-12-6-11(7-16-13(12)19(2)18-8)17-14(20)9-3-4-10(15)5-9/h3-4,6-7,9-10H,5,15H2,1-2H3,(H,17,20). The summed E-state index contributed by atoms with van der Waals surface area (Å²) < 4.78 is 1.73. The minimum atomic E-state index is -0.157. The Balaban J connectivity index is 1.82. The molecule has 0 aromatic carbocycles. The molecule has 104 valence electrons. The van der Waals surface area contributed by atoms with Crippen molar-refractivity contribution in [3.63, 3.8) is 0 Å². The van der Waals surface area contributed by atoms with E-state index in [2.05, 4.69) is 15.4 Å². The van der Waals surface area contributed by atoms with Gasteiger partial charge in [0.1, 0.15) is 0 Å². The molecule has 3 rings (SSSR count). The monoisotopic (exact) mass is 271 g/mol. The zero-order chi connectivity index (χ0) is 14.3. The maximum Gasteiger partial charge on any atom is 0.231 e. The van der Waals surface area contributed by atoms with Crippen molar-refractivity contribution in [2.24, 2.45) is 18.7 Å². The van der Waals surface area contributed by atoms with Crippen LogP contribution in [0.15, 0.2) is 24.4 Å². The number of aryl methyl sites for hydroxylation is 2. The molecule has 6 nitrogen and oxygen atoms in total. The third kappa shape index (κ3) is 2.18. The number of nitrogens with zero attached hydrogens (tertiary/aromatic N) is 3. The van der Waals surface area contributed by atoms with Crippen LogP contribution in [0.1, 0.15) is 12.1 Å². The van der Waals surface area contributed by atoms with Crippen LogP contribution in [0.5, 0.6) is 0 Å². The van der Waals surface area contributed by atoms with Gasteiger partial charge in [-0.2, -0.15) is 5.10 Å². The number of rotatable bonds is 2. The topological polar surface area (TPSA) is 85.8 Å². The number of carbonyl (C=O) groups excluding carboxylic acids is 1. The zero-order valence-corrected chi connectivity index (χ0v) is 11.5. The molecule has 2 heterocycles. The molecule has 1 amide bonds. The second kappa shape index (κ2) is 4.72. The number of hydrogen-bond acceptors (Lipinski definition) is 4. The number of nitrogens with two attached hydrogens (primary N) is 1. The Morgan fingerprint density at radius 1 is 1.50 bits per heavy atom. The Morgan fingerprint density at radius 2 is 2.30 bits per heavy atom. The molecule has 2 atom stereocenters. The van der Waals surface area contributed by atoms with Gasteiger partial charge in [-0.15, -0.1) is 0 Å². The van der Waals surface area contributed by atoms with E-state index >= 15 is 0 Å². The van der Waals surface area contributed by atoms with E-state index in [0.29, 0.717) is 12.1 Å². The summed E-state index contributed by atoms with van der Waals surface area (Å²) in [6, 6.07) is 1.88. The molecule has 0 saturated heterocycles. The molecular weight excluding hydrogens is 254 g/mol. The summed E-state index contributed by atoms with van der Waals surface area (Å²) in [6.45, 7) is 1.92. The molecule has 20 heavy (non-hydrogen) atoms. The lowest BCUT2D eigenvalue weighted by Crippen LogP contribution is -2.24. The Kier molecular flexibility index (Phi) is 3.02. The Labute approximate surface area is 116 Å². The first kappa shape index (κ1) is 12.8. The van der Waals surface area contributed by atoms with Gasteiger partial charge in [-0.3, -0.25) is 9.48 Å². The van der Waals surface area contributed by atoms with Crippen LogP contribution in [-0.4, -0.2) is 26.7 Å². The number of amides is 1. The van der Waals surface area contributed by atoms with Gasteiger partial charge in [0.25, 0.3) is 0 Å². The van der Waals surface area contributed by atoms with Crippen LogP contribution in [0.4, 0.5) is 5.69 Å². The lowest BCUT2D eigenvalue weighted by molar-refractivity contribution is -0.118. The van der Waals surface area contributed by atoms with Crippen molar-refractivity contribution in [3.8, 4) is 0 Å². The van der Waals surface area contributed by atoms with E-state index in [1.165, 1.54) is 0 Å². The number of fused-ring (bicyclic) bond motifs is 1. The van der Waals surface area contributed by atoms with E-state index < -0.39 is 0 Å². The van der Waals surface area contributed by atoms with Crippen LogP contribution in [0, 0.1) is 12.8 Å². The van der Waals surface area contributed by atoms with E-state index in [9.17, 15) is 4.79 Å². The SMILES string of the molecule is Cc1nn(C)c2ncc(NC(=O)C3C=CC(N)C3)cc12. The second-order valence-corrected chi connectivity index (χ2v) is 5.18. The summed E-state index contributed by atoms with van der Waals surface area (Å²) in [5, 5.41) is 8.15. The number of pyridine rings is 1. The van der Waals surface area contributed by atoms with Crippen molar-refractivity contribution in [2.75, 3.05) is 5.32 Å². The lowest BCUT2D eigenvalue weighted by atomic mass is 10.1. The fraction of sp³-hybridized carbons (Fsp3) is 0.357. The highest BCUT2D eigenvalue weighted by Crippen LogP contribution is 2.22. The molecule has 2 unspecified atom stereocenters. The maximum atomic E-state index is 12.1. The third-order valence-electron chi connectivity index (χ3n) is 3.58. The first-order valence-electron chi connectivity index (χ1n) is 6.58. The molecule has 0 radical (unpaired) electrons. The highest BCUT2D eigenvalue weighted by atomic mass is 16.1. The molecule has 1 aliphatic carbocycles. The van der Waals surface area contributed by atoms with Gasteiger partial charge in [-0.25, -0.2) is 4.98 Å². The molecule has 0 fully saturated rings. The predicted octanol–water partition coefficient (Wildman–Crippen LogP) is 1.12. The van der Waals surface area contributed by atoms with Gasteiger partial charge in [0.2, 0.25) is 5.91 Å². The van der Waals surface area contributed by atoms with Gasteiger partial charge in [-0.05, 0) is 19.4 Å². The molecule has 1 aliphatic rings. The van der Waals surface area contributed by atoms with E-state index in [-0.39, 0.29) is 17.9 Å². The third-order valence-corrected chi connectivity index (χ3v) is 3.58. The minimum absolute atomic E-state index is 0.0214. The number of carbonyl (C=O) groups is 1. The Morgan fingerprint density at radius 3 is 3.00 bits per heavy atom. The van der Waals surface area contributed by atoms with Crippen molar-refractivity contribution >= 4 is 22.6 Å².